The third kappa shape index (κ3) is 3.84. The summed E-state index contributed by atoms with van der Waals surface area (Å²) >= 11 is 1.69. The van der Waals surface area contributed by atoms with Crippen molar-refractivity contribution in [2.24, 2.45) is 4.99 Å². The molecule has 2 aromatic carbocycles. The van der Waals surface area contributed by atoms with Crippen LogP contribution in [0.25, 0.3) is 22.3 Å². The van der Waals surface area contributed by atoms with E-state index in [9.17, 15) is 0 Å². The molecular formula is C25H24N2O4S. The van der Waals surface area contributed by atoms with Crippen molar-refractivity contribution in [3.8, 4) is 28.6 Å². The van der Waals surface area contributed by atoms with Crippen LogP contribution < -0.4 is 19.6 Å². The highest BCUT2D eigenvalue weighted by atomic mass is 32.1. The van der Waals surface area contributed by atoms with Crippen LogP contribution in [0.4, 0.5) is 5.13 Å². The predicted octanol–water partition coefficient (Wildman–Crippen LogP) is 5.69. The number of aromatic nitrogens is 1. The number of thiazole rings is 1. The molecule has 2 heterocycles. The maximum absolute atomic E-state index is 6.25. The zero-order chi connectivity index (χ0) is 22.1. The second-order valence-corrected chi connectivity index (χ2v) is 8.68. The molecule has 0 radical (unpaired) electrons. The van der Waals surface area contributed by atoms with Gasteiger partial charge in [0, 0.05) is 21.9 Å². The van der Waals surface area contributed by atoms with Gasteiger partial charge in [-0.05, 0) is 62.1 Å². The largest absolute Gasteiger partial charge is 0.497 e. The van der Waals surface area contributed by atoms with Crippen LogP contribution in [0.15, 0.2) is 51.9 Å². The molecule has 0 saturated heterocycles. The van der Waals surface area contributed by atoms with E-state index in [1.54, 1.807) is 32.7 Å². The number of benzene rings is 2. The van der Waals surface area contributed by atoms with E-state index in [1.165, 1.54) is 23.4 Å². The van der Waals surface area contributed by atoms with E-state index in [0.717, 1.165) is 45.6 Å². The highest BCUT2D eigenvalue weighted by Crippen LogP contribution is 2.34. The van der Waals surface area contributed by atoms with Gasteiger partial charge >= 0.3 is 0 Å². The Morgan fingerprint density at radius 1 is 0.906 bits per heavy atom. The fourth-order valence-electron chi connectivity index (χ4n) is 3.99. The smallest absolute Gasteiger partial charge is 0.210 e. The summed E-state index contributed by atoms with van der Waals surface area (Å²) in [5, 5.41) is 2.45. The number of methoxy groups -OCH3 is 3. The van der Waals surface area contributed by atoms with E-state index in [1.807, 2.05) is 42.5 Å². The predicted molar refractivity (Wildman–Crippen MR) is 125 cm³/mol. The SMILES string of the molecule is COc1ccc2oc(-c3ccc(OC)c(OC)c3)cc(=Nc3nc4c(s3)CCCC4)c2c1. The molecule has 4 aromatic rings. The van der Waals surface area contributed by atoms with Gasteiger partial charge < -0.3 is 18.6 Å². The lowest BCUT2D eigenvalue weighted by atomic mass is 10.0. The highest BCUT2D eigenvalue weighted by molar-refractivity contribution is 7.15. The Hall–Kier alpha value is -3.32. The Kier molecular flexibility index (Phi) is 5.57. The average molecular weight is 449 g/mol. The third-order valence-corrected chi connectivity index (χ3v) is 6.72. The molecule has 1 aliphatic rings. The van der Waals surface area contributed by atoms with Crippen LogP contribution in [-0.4, -0.2) is 26.3 Å². The second kappa shape index (κ2) is 8.67. The summed E-state index contributed by atoms with van der Waals surface area (Å²) in [5.74, 6) is 2.74. The molecule has 0 spiro atoms. The van der Waals surface area contributed by atoms with Crippen LogP contribution in [0.3, 0.4) is 0 Å². The zero-order valence-electron chi connectivity index (χ0n) is 18.3. The van der Waals surface area contributed by atoms with Crippen molar-refractivity contribution in [2.45, 2.75) is 25.7 Å². The van der Waals surface area contributed by atoms with Gasteiger partial charge in [-0.3, -0.25) is 0 Å². The normalized spacial score (nSPS) is 13.8. The summed E-state index contributed by atoms with van der Waals surface area (Å²) in [7, 11) is 4.90. The van der Waals surface area contributed by atoms with Crippen LogP contribution in [0.5, 0.6) is 17.2 Å². The summed E-state index contributed by atoms with van der Waals surface area (Å²) < 4.78 is 22.5. The van der Waals surface area contributed by atoms with E-state index < -0.39 is 0 Å². The van der Waals surface area contributed by atoms with Crippen LogP contribution in [0.1, 0.15) is 23.4 Å². The molecular weight excluding hydrogens is 424 g/mol. The van der Waals surface area contributed by atoms with Crippen molar-refractivity contribution >= 4 is 27.4 Å². The Bertz CT molecular complexity index is 1330. The average Bonchev–Trinajstić information content (AvgIpc) is 3.25. The van der Waals surface area contributed by atoms with Crippen molar-refractivity contribution in [3.63, 3.8) is 0 Å². The lowest BCUT2D eigenvalue weighted by Gasteiger charge is -2.10. The molecule has 6 nitrogen and oxygen atoms in total. The van der Waals surface area contributed by atoms with Gasteiger partial charge in [-0.25, -0.2) is 9.98 Å². The first-order valence-corrected chi connectivity index (χ1v) is 11.4. The fourth-order valence-corrected chi connectivity index (χ4v) is 5.02. The van der Waals surface area contributed by atoms with E-state index in [0.29, 0.717) is 17.3 Å². The number of aryl methyl sites for hydroxylation is 2. The van der Waals surface area contributed by atoms with Crippen molar-refractivity contribution in [1.82, 2.24) is 4.98 Å². The monoisotopic (exact) mass is 448 g/mol. The van der Waals surface area contributed by atoms with Gasteiger partial charge in [-0.1, -0.05) is 11.3 Å². The van der Waals surface area contributed by atoms with Crippen LogP contribution in [0.2, 0.25) is 0 Å². The van der Waals surface area contributed by atoms with Crippen molar-refractivity contribution in [3.05, 3.63) is 58.4 Å². The van der Waals surface area contributed by atoms with Crippen LogP contribution >= 0.6 is 11.3 Å². The molecule has 164 valence electrons. The standard InChI is InChI=1S/C25H24N2O4S/c1-28-16-9-11-20-17(13-16)19(27-25-26-18-6-4-5-7-24(18)32-25)14-22(31-20)15-8-10-21(29-2)23(12-15)30-3/h8-14H,4-7H2,1-3H3. The van der Waals surface area contributed by atoms with Gasteiger partial charge in [-0.15, -0.1) is 0 Å². The number of ether oxygens (including phenoxy) is 3. The molecule has 0 aliphatic heterocycles. The Labute approximate surface area is 190 Å². The maximum atomic E-state index is 6.25. The molecule has 0 unspecified atom stereocenters. The van der Waals surface area contributed by atoms with Gasteiger partial charge in [0.25, 0.3) is 0 Å². The van der Waals surface area contributed by atoms with Crippen LogP contribution in [-0.2, 0) is 12.8 Å². The minimum Gasteiger partial charge on any atom is -0.497 e. The molecule has 32 heavy (non-hydrogen) atoms. The van der Waals surface area contributed by atoms with Gasteiger partial charge in [-0.2, -0.15) is 0 Å². The highest BCUT2D eigenvalue weighted by Gasteiger charge is 2.16. The van der Waals surface area contributed by atoms with Crippen molar-refractivity contribution in [1.29, 1.82) is 0 Å². The molecule has 0 saturated carbocycles. The van der Waals surface area contributed by atoms with Crippen molar-refractivity contribution in [2.75, 3.05) is 21.3 Å². The first-order chi connectivity index (χ1) is 15.7. The minimum absolute atomic E-state index is 0.640. The Morgan fingerprint density at radius 2 is 1.75 bits per heavy atom. The topological polar surface area (TPSA) is 66.1 Å². The van der Waals surface area contributed by atoms with Gasteiger partial charge in [0.15, 0.2) is 11.5 Å². The zero-order valence-corrected chi connectivity index (χ0v) is 19.1. The van der Waals surface area contributed by atoms with E-state index >= 15 is 0 Å². The molecule has 0 atom stereocenters. The molecule has 0 amide bonds. The first-order valence-electron chi connectivity index (χ1n) is 10.6. The van der Waals surface area contributed by atoms with E-state index in [-0.39, 0.29) is 0 Å². The fraction of sp³-hybridized carbons (Fsp3) is 0.280. The lowest BCUT2D eigenvalue weighted by molar-refractivity contribution is 0.355. The molecule has 0 N–H and O–H groups in total. The summed E-state index contributed by atoms with van der Waals surface area (Å²) in [6.07, 6.45) is 4.56. The Balaban J connectivity index is 1.71. The summed E-state index contributed by atoms with van der Waals surface area (Å²) in [4.78, 5) is 11.1. The molecule has 7 heteroatoms. The van der Waals surface area contributed by atoms with E-state index in [2.05, 4.69) is 0 Å². The Morgan fingerprint density at radius 3 is 2.53 bits per heavy atom. The first kappa shape index (κ1) is 20.6. The summed E-state index contributed by atoms with van der Waals surface area (Å²) in [6, 6.07) is 13.4. The van der Waals surface area contributed by atoms with Gasteiger partial charge in [0.1, 0.15) is 17.1 Å². The molecule has 1 aliphatic carbocycles. The van der Waals surface area contributed by atoms with Crippen LogP contribution in [0, 0.1) is 0 Å². The molecule has 0 fully saturated rings. The molecule has 5 rings (SSSR count). The van der Waals surface area contributed by atoms with Gasteiger partial charge in [0.05, 0.1) is 32.4 Å². The number of fused-ring (bicyclic) bond motifs is 2. The third-order valence-electron chi connectivity index (χ3n) is 5.67. The lowest BCUT2D eigenvalue weighted by Crippen LogP contribution is -2.04. The summed E-state index contributed by atoms with van der Waals surface area (Å²) in [6.45, 7) is 0. The van der Waals surface area contributed by atoms with Gasteiger partial charge in [0.2, 0.25) is 5.13 Å². The number of nitrogens with zero attached hydrogens (tertiary/aromatic N) is 2. The number of hydrogen-bond acceptors (Lipinski definition) is 7. The summed E-state index contributed by atoms with van der Waals surface area (Å²) in [5.41, 5.74) is 2.79. The van der Waals surface area contributed by atoms with E-state index in [4.69, 9.17) is 28.6 Å². The molecule has 0 bridgehead atoms. The minimum atomic E-state index is 0.640. The van der Waals surface area contributed by atoms with Crippen molar-refractivity contribution < 1.29 is 18.6 Å². The number of rotatable bonds is 5. The second-order valence-electron chi connectivity index (χ2n) is 7.61. The maximum Gasteiger partial charge on any atom is 0.210 e. The number of hydrogen-bond donors (Lipinski definition) is 0. The molecule has 2 aromatic heterocycles. The quantitative estimate of drug-likeness (QED) is 0.392.